The van der Waals surface area contributed by atoms with Gasteiger partial charge in [0.25, 0.3) is 0 Å². The molecule has 0 aliphatic carbocycles. The van der Waals surface area contributed by atoms with E-state index in [1.165, 1.54) is 0 Å². The number of nitrogens with one attached hydrogen (secondary N) is 1. The lowest BCUT2D eigenvalue weighted by Crippen LogP contribution is -1.92. The Bertz CT molecular complexity index is 978. The lowest BCUT2D eigenvalue weighted by Gasteiger charge is -2.06. The summed E-state index contributed by atoms with van der Waals surface area (Å²) in [5.41, 5.74) is 4.33. The largest absolute Gasteiger partial charge is 0.342 e. The Hall–Kier alpha value is -3.27. The standard InChI is InChI=1S/C21H16FN3/c22-20-13-15(6-7-19(20)16-4-2-1-3-5-16)12-18-14-24-21(25-18)17-8-10-23-11-9-17/h1-11,13-14H,12H2,(H,24,25). The molecule has 4 heteroatoms. The summed E-state index contributed by atoms with van der Waals surface area (Å²) in [7, 11) is 0. The summed E-state index contributed by atoms with van der Waals surface area (Å²) in [6.45, 7) is 0. The van der Waals surface area contributed by atoms with E-state index in [4.69, 9.17) is 0 Å². The molecule has 0 spiro atoms. The number of halogens is 1. The third kappa shape index (κ3) is 3.33. The van der Waals surface area contributed by atoms with Crippen molar-refractivity contribution < 1.29 is 4.39 Å². The van der Waals surface area contributed by atoms with Crippen LogP contribution in [0.2, 0.25) is 0 Å². The van der Waals surface area contributed by atoms with Crippen molar-refractivity contribution >= 4 is 0 Å². The predicted octanol–water partition coefficient (Wildman–Crippen LogP) is 4.87. The molecule has 0 aliphatic heterocycles. The normalized spacial score (nSPS) is 10.8. The zero-order valence-electron chi connectivity index (χ0n) is 13.5. The molecule has 25 heavy (non-hydrogen) atoms. The van der Waals surface area contributed by atoms with Gasteiger partial charge in [-0.1, -0.05) is 42.5 Å². The van der Waals surface area contributed by atoms with E-state index < -0.39 is 0 Å². The second-order valence-corrected chi connectivity index (χ2v) is 5.85. The lowest BCUT2D eigenvalue weighted by molar-refractivity contribution is 0.629. The van der Waals surface area contributed by atoms with Crippen LogP contribution in [0.15, 0.2) is 79.3 Å². The number of H-pyrrole nitrogens is 1. The highest BCUT2D eigenvalue weighted by atomic mass is 19.1. The molecular formula is C21H16FN3. The van der Waals surface area contributed by atoms with Crippen LogP contribution in [0.3, 0.4) is 0 Å². The van der Waals surface area contributed by atoms with Gasteiger partial charge in [-0.25, -0.2) is 9.37 Å². The third-order valence-corrected chi connectivity index (χ3v) is 4.10. The Labute approximate surface area is 145 Å². The van der Waals surface area contributed by atoms with Gasteiger partial charge in [0.2, 0.25) is 0 Å². The first kappa shape index (κ1) is 15.3. The molecule has 0 radical (unpaired) electrons. The van der Waals surface area contributed by atoms with Crippen molar-refractivity contribution in [2.24, 2.45) is 0 Å². The van der Waals surface area contributed by atoms with Gasteiger partial charge in [0.15, 0.2) is 0 Å². The number of nitrogens with zero attached hydrogens (tertiary/aromatic N) is 2. The van der Waals surface area contributed by atoms with Crippen molar-refractivity contribution in [3.05, 3.63) is 96.3 Å². The quantitative estimate of drug-likeness (QED) is 0.580. The molecule has 0 bridgehead atoms. The van der Waals surface area contributed by atoms with Gasteiger partial charge in [-0.2, -0.15) is 0 Å². The average Bonchev–Trinajstić information content (AvgIpc) is 3.12. The van der Waals surface area contributed by atoms with Crippen molar-refractivity contribution in [3.8, 4) is 22.5 Å². The van der Waals surface area contributed by atoms with E-state index in [9.17, 15) is 4.39 Å². The molecule has 2 aromatic carbocycles. The summed E-state index contributed by atoms with van der Waals surface area (Å²) in [6, 6.07) is 18.7. The topological polar surface area (TPSA) is 41.6 Å². The monoisotopic (exact) mass is 329 g/mol. The Kier molecular flexibility index (Phi) is 4.09. The highest BCUT2D eigenvalue weighted by molar-refractivity contribution is 5.64. The van der Waals surface area contributed by atoms with Crippen LogP contribution in [-0.2, 0) is 6.42 Å². The minimum atomic E-state index is -0.211. The van der Waals surface area contributed by atoms with E-state index >= 15 is 0 Å². The van der Waals surface area contributed by atoms with E-state index in [1.54, 1.807) is 24.7 Å². The first-order chi connectivity index (χ1) is 12.3. The van der Waals surface area contributed by atoms with Crippen LogP contribution < -0.4 is 0 Å². The number of pyridine rings is 1. The number of hydrogen-bond acceptors (Lipinski definition) is 2. The minimum absolute atomic E-state index is 0.211. The van der Waals surface area contributed by atoms with Crippen LogP contribution >= 0.6 is 0 Å². The van der Waals surface area contributed by atoms with E-state index in [-0.39, 0.29) is 5.82 Å². The second kappa shape index (κ2) is 6.69. The average molecular weight is 329 g/mol. The minimum Gasteiger partial charge on any atom is -0.342 e. The molecule has 0 fully saturated rings. The maximum absolute atomic E-state index is 14.5. The first-order valence-corrected chi connectivity index (χ1v) is 8.08. The van der Waals surface area contributed by atoms with E-state index in [1.807, 2.05) is 54.6 Å². The van der Waals surface area contributed by atoms with Crippen LogP contribution in [-0.4, -0.2) is 15.0 Å². The molecule has 0 amide bonds. The molecule has 1 N–H and O–H groups in total. The second-order valence-electron chi connectivity index (χ2n) is 5.85. The molecule has 4 rings (SSSR count). The molecule has 4 aromatic rings. The fraction of sp³-hybridized carbons (Fsp3) is 0.0476. The van der Waals surface area contributed by atoms with Crippen molar-refractivity contribution in [2.75, 3.05) is 0 Å². The highest BCUT2D eigenvalue weighted by Gasteiger charge is 2.08. The van der Waals surface area contributed by atoms with E-state index in [0.717, 1.165) is 28.2 Å². The molecule has 2 heterocycles. The fourth-order valence-electron chi connectivity index (χ4n) is 2.85. The molecule has 0 unspecified atom stereocenters. The number of rotatable bonds is 4. The Morgan fingerprint density at radius 2 is 1.68 bits per heavy atom. The van der Waals surface area contributed by atoms with Crippen LogP contribution in [0.5, 0.6) is 0 Å². The number of aromatic amines is 1. The van der Waals surface area contributed by atoms with Crippen molar-refractivity contribution in [1.82, 2.24) is 15.0 Å². The Morgan fingerprint density at radius 3 is 2.44 bits per heavy atom. The van der Waals surface area contributed by atoms with Crippen molar-refractivity contribution in [2.45, 2.75) is 6.42 Å². The molecule has 0 aliphatic rings. The zero-order chi connectivity index (χ0) is 17.1. The maximum atomic E-state index is 14.5. The Morgan fingerprint density at radius 1 is 0.880 bits per heavy atom. The van der Waals surface area contributed by atoms with Crippen LogP contribution in [0.25, 0.3) is 22.5 Å². The Balaban J connectivity index is 1.56. The molecule has 0 atom stereocenters. The molecule has 2 aromatic heterocycles. The number of imidazole rings is 1. The van der Waals surface area contributed by atoms with Crippen LogP contribution in [0.1, 0.15) is 11.3 Å². The lowest BCUT2D eigenvalue weighted by atomic mass is 10.0. The molecule has 0 saturated heterocycles. The van der Waals surface area contributed by atoms with Crippen LogP contribution in [0.4, 0.5) is 4.39 Å². The molecule has 0 saturated carbocycles. The van der Waals surface area contributed by atoms with Gasteiger partial charge in [-0.05, 0) is 29.3 Å². The van der Waals surface area contributed by atoms with Crippen molar-refractivity contribution in [3.63, 3.8) is 0 Å². The van der Waals surface area contributed by atoms with Gasteiger partial charge >= 0.3 is 0 Å². The summed E-state index contributed by atoms with van der Waals surface area (Å²) in [5.74, 6) is 0.580. The van der Waals surface area contributed by atoms with Gasteiger partial charge in [-0.3, -0.25) is 4.98 Å². The zero-order valence-corrected chi connectivity index (χ0v) is 13.5. The molecule has 122 valence electrons. The van der Waals surface area contributed by atoms with E-state index in [0.29, 0.717) is 12.0 Å². The number of aromatic nitrogens is 3. The molecule has 3 nitrogen and oxygen atoms in total. The van der Waals surface area contributed by atoms with Gasteiger partial charge in [-0.15, -0.1) is 0 Å². The SMILES string of the molecule is Fc1cc(Cc2cnc(-c3ccncc3)[nH]2)ccc1-c1ccccc1. The third-order valence-electron chi connectivity index (χ3n) is 4.10. The van der Waals surface area contributed by atoms with Crippen molar-refractivity contribution in [1.29, 1.82) is 0 Å². The summed E-state index contributed by atoms with van der Waals surface area (Å²) in [5, 5.41) is 0. The molecular weight excluding hydrogens is 313 g/mol. The van der Waals surface area contributed by atoms with Gasteiger partial charge in [0, 0.05) is 41.8 Å². The summed E-state index contributed by atoms with van der Waals surface area (Å²) >= 11 is 0. The first-order valence-electron chi connectivity index (χ1n) is 8.08. The number of benzene rings is 2. The maximum Gasteiger partial charge on any atom is 0.137 e. The van der Waals surface area contributed by atoms with Gasteiger partial charge in [0.1, 0.15) is 11.6 Å². The summed E-state index contributed by atoms with van der Waals surface area (Å²) < 4.78 is 14.5. The summed E-state index contributed by atoms with van der Waals surface area (Å²) in [6.07, 6.45) is 5.85. The van der Waals surface area contributed by atoms with Crippen LogP contribution in [0, 0.1) is 5.82 Å². The smallest absolute Gasteiger partial charge is 0.137 e. The van der Waals surface area contributed by atoms with Gasteiger partial charge < -0.3 is 4.98 Å². The highest BCUT2D eigenvalue weighted by Crippen LogP contribution is 2.24. The summed E-state index contributed by atoms with van der Waals surface area (Å²) in [4.78, 5) is 11.7. The van der Waals surface area contributed by atoms with E-state index in [2.05, 4.69) is 15.0 Å². The predicted molar refractivity (Wildman–Crippen MR) is 96.5 cm³/mol. The fourth-order valence-corrected chi connectivity index (χ4v) is 2.85. The van der Waals surface area contributed by atoms with Gasteiger partial charge in [0.05, 0.1) is 0 Å². The number of hydrogen-bond donors (Lipinski definition) is 1.